The summed E-state index contributed by atoms with van der Waals surface area (Å²) in [6.07, 6.45) is 0. The second-order valence-corrected chi connectivity index (χ2v) is 9.66. The Balaban J connectivity index is 1.60. The van der Waals surface area contributed by atoms with Crippen LogP contribution in [0.2, 0.25) is 0 Å². The lowest BCUT2D eigenvalue weighted by Crippen LogP contribution is -2.25. The lowest BCUT2D eigenvalue weighted by Gasteiger charge is -2.14. The first kappa shape index (κ1) is 24.0. The van der Waals surface area contributed by atoms with Crippen molar-refractivity contribution in [3.05, 3.63) is 99.3 Å². The monoisotopic (exact) mass is 536 g/mol. The van der Waals surface area contributed by atoms with E-state index in [9.17, 15) is 4.79 Å². The number of benzene rings is 3. The van der Waals surface area contributed by atoms with Crippen LogP contribution in [0.5, 0.6) is 5.75 Å². The Bertz CT molecular complexity index is 1300. The summed E-state index contributed by atoms with van der Waals surface area (Å²) in [5, 5.41) is 12.6. The molecule has 0 fully saturated rings. The van der Waals surface area contributed by atoms with E-state index >= 15 is 0 Å². The third kappa shape index (κ3) is 5.51. The predicted molar refractivity (Wildman–Crippen MR) is 139 cm³/mol. The smallest absolute Gasteiger partial charge is 0.251 e. The zero-order valence-electron chi connectivity index (χ0n) is 19.2. The number of ether oxygens (including phenoxy) is 1. The number of methoxy groups -OCH3 is 1. The summed E-state index contributed by atoms with van der Waals surface area (Å²) in [5.74, 6) is 1.91. The Morgan fingerprint density at radius 3 is 2.53 bits per heavy atom. The fraction of sp³-hybridized carbons (Fsp3) is 0.192. The van der Waals surface area contributed by atoms with Crippen molar-refractivity contribution in [1.29, 1.82) is 0 Å². The zero-order chi connectivity index (χ0) is 24.1. The fourth-order valence-corrected chi connectivity index (χ4v) is 4.62. The summed E-state index contributed by atoms with van der Waals surface area (Å²) in [4.78, 5) is 12.8. The molecule has 8 heteroatoms. The highest BCUT2D eigenvalue weighted by Crippen LogP contribution is 2.30. The number of aromatic nitrogens is 3. The van der Waals surface area contributed by atoms with Crippen LogP contribution < -0.4 is 10.1 Å². The van der Waals surface area contributed by atoms with Gasteiger partial charge in [-0.1, -0.05) is 58.0 Å². The number of rotatable bonds is 8. The molecule has 4 aromatic rings. The number of halogens is 1. The normalized spacial score (nSPS) is 10.8. The number of carbonyl (C=O) groups excluding carboxylic acids is 1. The minimum Gasteiger partial charge on any atom is -0.495 e. The van der Waals surface area contributed by atoms with Gasteiger partial charge in [-0.3, -0.25) is 9.36 Å². The second-order valence-electron chi connectivity index (χ2n) is 7.80. The van der Waals surface area contributed by atoms with Gasteiger partial charge in [-0.25, -0.2) is 0 Å². The molecule has 1 amide bonds. The van der Waals surface area contributed by atoms with E-state index in [1.165, 1.54) is 5.56 Å². The van der Waals surface area contributed by atoms with Gasteiger partial charge < -0.3 is 10.1 Å². The van der Waals surface area contributed by atoms with Gasteiger partial charge in [0, 0.05) is 15.8 Å². The second kappa shape index (κ2) is 10.9. The largest absolute Gasteiger partial charge is 0.495 e. The van der Waals surface area contributed by atoms with Gasteiger partial charge in [-0.05, 0) is 66.9 Å². The maximum absolute atomic E-state index is 12.8. The minimum atomic E-state index is -0.151. The molecule has 4 rings (SSSR count). The summed E-state index contributed by atoms with van der Waals surface area (Å²) in [7, 11) is 1.64. The first-order chi connectivity index (χ1) is 16.5. The maximum Gasteiger partial charge on any atom is 0.251 e. The number of thioether (sulfide) groups is 1. The number of amides is 1. The summed E-state index contributed by atoms with van der Waals surface area (Å²) >= 11 is 5.06. The number of aryl methyl sites for hydroxylation is 2. The molecule has 6 nitrogen and oxygen atoms in total. The van der Waals surface area contributed by atoms with Crippen LogP contribution in [0.3, 0.4) is 0 Å². The van der Waals surface area contributed by atoms with Gasteiger partial charge in [0.05, 0.1) is 19.3 Å². The highest BCUT2D eigenvalue weighted by atomic mass is 79.9. The van der Waals surface area contributed by atoms with Gasteiger partial charge >= 0.3 is 0 Å². The Hall–Kier alpha value is -3.10. The van der Waals surface area contributed by atoms with Crippen molar-refractivity contribution < 1.29 is 9.53 Å². The standard InChI is InChI=1S/C26H25BrN4O2S/c1-17-8-11-20(14-18(17)2)25(32)28-15-24-29-30-26(34-16-19-9-12-21(27)13-10-19)31(24)22-6-4-5-7-23(22)33-3/h4-14H,15-16H2,1-3H3,(H,28,32). The van der Waals surface area contributed by atoms with Crippen LogP contribution in [-0.4, -0.2) is 27.8 Å². The molecule has 174 valence electrons. The quantitative estimate of drug-likeness (QED) is 0.285. The van der Waals surface area contributed by atoms with E-state index in [1.54, 1.807) is 18.9 Å². The van der Waals surface area contributed by atoms with E-state index in [4.69, 9.17) is 4.74 Å². The summed E-state index contributed by atoms with van der Waals surface area (Å²) in [6.45, 7) is 4.26. The number of nitrogens with zero attached hydrogens (tertiary/aromatic N) is 3. The molecule has 0 aliphatic carbocycles. The summed E-state index contributed by atoms with van der Waals surface area (Å²) in [6, 6.07) is 21.6. The van der Waals surface area contributed by atoms with Gasteiger partial charge in [0.2, 0.25) is 0 Å². The molecule has 1 N–H and O–H groups in total. The molecule has 0 spiro atoms. The number of carbonyl (C=O) groups is 1. The average molecular weight is 537 g/mol. The number of para-hydroxylation sites is 2. The van der Waals surface area contributed by atoms with Crippen molar-refractivity contribution in [3.8, 4) is 11.4 Å². The van der Waals surface area contributed by atoms with E-state index < -0.39 is 0 Å². The third-order valence-corrected chi connectivity index (χ3v) is 7.01. The van der Waals surface area contributed by atoms with E-state index in [0.717, 1.165) is 32.2 Å². The molecule has 0 bridgehead atoms. The van der Waals surface area contributed by atoms with Crippen molar-refractivity contribution in [2.45, 2.75) is 31.3 Å². The lowest BCUT2D eigenvalue weighted by molar-refractivity contribution is 0.0949. The van der Waals surface area contributed by atoms with E-state index in [2.05, 4.69) is 43.6 Å². The topological polar surface area (TPSA) is 69.0 Å². The van der Waals surface area contributed by atoms with Gasteiger partial charge in [-0.15, -0.1) is 10.2 Å². The van der Waals surface area contributed by atoms with Crippen LogP contribution in [0.15, 0.2) is 76.4 Å². The Morgan fingerprint density at radius 1 is 1.03 bits per heavy atom. The molecule has 0 atom stereocenters. The van der Waals surface area contributed by atoms with Crippen LogP contribution in [-0.2, 0) is 12.3 Å². The van der Waals surface area contributed by atoms with Gasteiger partial charge in [0.15, 0.2) is 11.0 Å². The summed E-state index contributed by atoms with van der Waals surface area (Å²) < 4.78 is 8.59. The van der Waals surface area contributed by atoms with Crippen molar-refractivity contribution >= 4 is 33.6 Å². The van der Waals surface area contributed by atoms with Crippen LogP contribution in [0, 0.1) is 13.8 Å². The molecule has 0 unspecified atom stereocenters. The number of hydrogen-bond donors (Lipinski definition) is 1. The first-order valence-electron chi connectivity index (χ1n) is 10.8. The predicted octanol–water partition coefficient (Wildman–Crippen LogP) is 5.88. The fourth-order valence-electron chi connectivity index (χ4n) is 3.44. The maximum atomic E-state index is 12.8. The zero-order valence-corrected chi connectivity index (χ0v) is 21.6. The van der Waals surface area contributed by atoms with E-state index in [1.807, 2.05) is 73.0 Å². The Morgan fingerprint density at radius 2 is 1.79 bits per heavy atom. The molecular weight excluding hydrogens is 512 g/mol. The molecule has 0 aliphatic heterocycles. The van der Waals surface area contributed by atoms with Gasteiger partial charge in [0.1, 0.15) is 5.75 Å². The highest BCUT2D eigenvalue weighted by Gasteiger charge is 2.18. The van der Waals surface area contributed by atoms with Crippen molar-refractivity contribution in [1.82, 2.24) is 20.1 Å². The van der Waals surface area contributed by atoms with Crippen LogP contribution in [0.4, 0.5) is 0 Å². The van der Waals surface area contributed by atoms with Crippen LogP contribution in [0.1, 0.15) is 32.9 Å². The third-order valence-electron chi connectivity index (χ3n) is 5.48. The van der Waals surface area contributed by atoms with Crippen LogP contribution >= 0.6 is 27.7 Å². The van der Waals surface area contributed by atoms with Gasteiger partial charge in [0.25, 0.3) is 5.91 Å². The molecule has 0 radical (unpaired) electrons. The Kier molecular flexibility index (Phi) is 7.70. The molecule has 1 heterocycles. The van der Waals surface area contributed by atoms with E-state index in [-0.39, 0.29) is 12.5 Å². The van der Waals surface area contributed by atoms with Gasteiger partial charge in [-0.2, -0.15) is 0 Å². The Labute approximate surface area is 211 Å². The number of nitrogens with one attached hydrogen (secondary N) is 1. The average Bonchev–Trinajstić information content (AvgIpc) is 3.26. The van der Waals surface area contributed by atoms with Crippen molar-refractivity contribution in [2.24, 2.45) is 0 Å². The van der Waals surface area contributed by atoms with Crippen LogP contribution in [0.25, 0.3) is 5.69 Å². The molecule has 0 aliphatic rings. The van der Waals surface area contributed by atoms with Crippen molar-refractivity contribution in [3.63, 3.8) is 0 Å². The minimum absolute atomic E-state index is 0.151. The lowest BCUT2D eigenvalue weighted by atomic mass is 10.1. The molecular formula is C26H25BrN4O2S. The molecule has 34 heavy (non-hydrogen) atoms. The molecule has 3 aromatic carbocycles. The molecule has 0 saturated carbocycles. The summed E-state index contributed by atoms with van der Waals surface area (Å²) in [5.41, 5.74) is 4.85. The number of hydrogen-bond acceptors (Lipinski definition) is 5. The molecule has 1 aromatic heterocycles. The van der Waals surface area contributed by atoms with E-state index in [0.29, 0.717) is 17.1 Å². The SMILES string of the molecule is COc1ccccc1-n1c(CNC(=O)c2ccc(C)c(C)c2)nnc1SCc1ccc(Br)cc1. The first-order valence-corrected chi connectivity index (χ1v) is 12.5. The van der Waals surface area contributed by atoms with Crippen molar-refractivity contribution in [2.75, 3.05) is 7.11 Å². The highest BCUT2D eigenvalue weighted by molar-refractivity contribution is 9.10. The molecule has 0 saturated heterocycles.